The Morgan fingerprint density at radius 1 is 1.25 bits per heavy atom. The Labute approximate surface area is 185 Å². The molecule has 2 N–H and O–H groups in total. The molecule has 0 aliphatic heterocycles. The van der Waals surface area contributed by atoms with Gasteiger partial charge >= 0.3 is 0 Å². The summed E-state index contributed by atoms with van der Waals surface area (Å²) >= 11 is 20.9. The number of halogens is 3. The fraction of sp³-hybridized carbons (Fsp3) is 0.222. The molecule has 0 saturated heterocycles. The molecule has 148 valence electrons. The van der Waals surface area contributed by atoms with Crippen LogP contribution in [0.1, 0.15) is 17.0 Å². The van der Waals surface area contributed by atoms with E-state index in [9.17, 15) is 0 Å². The maximum atomic E-state index is 6.10. The van der Waals surface area contributed by atoms with E-state index in [4.69, 9.17) is 44.9 Å². The highest BCUT2D eigenvalue weighted by Crippen LogP contribution is 2.37. The van der Waals surface area contributed by atoms with Crippen LogP contribution in [0.2, 0.25) is 10.0 Å². The third-order valence-corrected chi connectivity index (χ3v) is 5.76. The van der Waals surface area contributed by atoms with Gasteiger partial charge in [0.15, 0.2) is 11.5 Å². The largest absolute Gasteiger partial charge is 0.493 e. The minimum absolute atomic E-state index is 0.306. The SMILES string of the molecule is COc1ccc(Br)c(CNn2c(C)n[nH]c2=S)c1OCc1ccc(Cl)c(Cl)c1. The first kappa shape index (κ1) is 21.0. The number of benzene rings is 2. The van der Waals surface area contributed by atoms with Gasteiger partial charge in [-0.05, 0) is 49.0 Å². The van der Waals surface area contributed by atoms with Crippen molar-refractivity contribution in [3.8, 4) is 11.5 Å². The maximum absolute atomic E-state index is 6.10. The number of aromatic amines is 1. The van der Waals surface area contributed by atoms with E-state index in [0.29, 0.717) is 39.5 Å². The number of H-pyrrole nitrogens is 1. The number of hydrogen-bond acceptors (Lipinski definition) is 5. The normalized spacial score (nSPS) is 10.8. The highest BCUT2D eigenvalue weighted by Gasteiger charge is 2.16. The molecule has 0 aliphatic rings. The molecule has 3 aromatic rings. The second-order valence-electron chi connectivity index (χ2n) is 5.84. The summed E-state index contributed by atoms with van der Waals surface area (Å²) in [6.45, 7) is 2.59. The van der Waals surface area contributed by atoms with Crippen LogP contribution in [0.3, 0.4) is 0 Å². The molecule has 1 aromatic heterocycles. The fourth-order valence-electron chi connectivity index (χ4n) is 2.57. The molecule has 28 heavy (non-hydrogen) atoms. The zero-order chi connectivity index (χ0) is 20.3. The molecular formula is C18H17BrCl2N4O2S. The summed E-state index contributed by atoms with van der Waals surface area (Å²) in [7, 11) is 1.60. The number of nitrogens with one attached hydrogen (secondary N) is 2. The van der Waals surface area contributed by atoms with Gasteiger partial charge in [0.2, 0.25) is 4.77 Å². The molecule has 0 saturated carbocycles. The van der Waals surface area contributed by atoms with Gasteiger partial charge in [0.05, 0.1) is 23.7 Å². The molecule has 0 fully saturated rings. The molecule has 0 atom stereocenters. The van der Waals surface area contributed by atoms with Crippen LogP contribution in [0.15, 0.2) is 34.8 Å². The van der Waals surface area contributed by atoms with Gasteiger partial charge < -0.3 is 14.9 Å². The van der Waals surface area contributed by atoms with Crippen LogP contribution in [-0.4, -0.2) is 22.0 Å². The minimum Gasteiger partial charge on any atom is -0.493 e. The zero-order valence-electron chi connectivity index (χ0n) is 15.1. The van der Waals surface area contributed by atoms with Crippen molar-refractivity contribution >= 4 is 51.3 Å². The Hall–Kier alpha value is -1.74. The molecule has 0 aliphatic carbocycles. The number of nitrogens with zero attached hydrogens (tertiary/aromatic N) is 2. The highest BCUT2D eigenvalue weighted by molar-refractivity contribution is 9.10. The Kier molecular flexibility index (Phi) is 6.87. The lowest BCUT2D eigenvalue weighted by Gasteiger charge is -2.18. The summed E-state index contributed by atoms with van der Waals surface area (Å²) in [6, 6.07) is 9.13. The van der Waals surface area contributed by atoms with E-state index in [1.165, 1.54) is 0 Å². The van der Waals surface area contributed by atoms with Crippen molar-refractivity contribution in [1.82, 2.24) is 14.9 Å². The summed E-state index contributed by atoms with van der Waals surface area (Å²) < 4.78 is 14.6. The van der Waals surface area contributed by atoms with Crippen molar-refractivity contribution < 1.29 is 9.47 Å². The van der Waals surface area contributed by atoms with Crippen molar-refractivity contribution in [2.24, 2.45) is 0 Å². The quantitative estimate of drug-likeness (QED) is 0.408. The van der Waals surface area contributed by atoms with E-state index in [1.54, 1.807) is 23.9 Å². The van der Waals surface area contributed by atoms with Crippen molar-refractivity contribution in [3.05, 3.63) is 66.6 Å². The summed E-state index contributed by atoms with van der Waals surface area (Å²) in [5.74, 6) is 1.96. The van der Waals surface area contributed by atoms with Crippen molar-refractivity contribution in [1.29, 1.82) is 0 Å². The van der Waals surface area contributed by atoms with Gasteiger partial charge in [0.25, 0.3) is 0 Å². The maximum Gasteiger partial charge on any atom is 0.214 e. The van der Waals surface area contributed by atoms with Crippen LogP contribution in [-0.2, 0) is 13.2 Å². The summed E-state index contributed by atoms with van der Waals surface area (Å²) in [6.07, 6.45) is 0. The number of methoxy groups -OCH3 is 1. The van der Waals surface area contributed by atoms with Gasteiger partial charge in [-0.2, -0.15) is 5.10 Å². The van der Waals surface area contributed by atoms with E-state index in [0.717, 1.165) is 21.4 Å². The molecule has 0 amide bonds. The molecule has 0 bridgehead atoms. The van der Waals surface area contributed by atoms with Gasteiger partial charge in [0, 0.05) is 10.0 Å². The van der Waals surface area contributed by atoms with Gasteiger partial charge in [-0.3, -0.25) is 5.10 Å². The molecule has 3 rings (SSSR count). The number of hydrogen-bond donors (Lipinski definition) is 2. The summed E-state index contributed by atoms with van der Waals surface area (Å²) in [5.41, 5.74) is 5.01. The average molecular weight is 504 g/mol. The third-order valence-electron chi connectivity index (χ3n) is 4.01. The third kappa shape index (κ3) is 4.63. The van der Waals surface area contributed by atoms with Crippen LogP contribution in [0, 0.1) is 11.7 Å². The van der Waals surface area contributed by atoms with E-state index < -0.39 is 0 Å². The monoisotopic (exact) mass is 502 g/mol. The Balaban J connectivity index is 1.87. The fourth-order valence-corrected chi connectivity index (χ4v) is 3.59. The predicted octanol–water partition coefficient (Wildman–Crippen LogP) is 5.65. The van der Waals surface area contributed by atoms with E-state index in [-0.39, 0.29) is 0 Å². The molecule has 6 nitrogen and oxygen atoms in total. The van der Waals surface area contributed by atoms with Crippen LogP contribution < -0.4 is 14.9 Å². The molecule has 10 heteroatoms. The van der Waals surface area contributed by atoms with E-state index in [2.05, 4.69) is 31.6 Å². The van der Waals surface area contributed by atoms with Crippen LogP contribution in [0.4, 0.5) is 0 Å². The van der Waals surface area contributed by atoms with Crippen LogP contribution >= 0.6 is 51.3 Å². The Bertz CT molecular complexity index is 1050. The predicted molar refractivity (Wildman–Crippen MR) is 117 cm³/mol. The van der Waals surface area contributed by atoms with Gasteiger partial charge in [-0.1, -0.05) is 45.2 Å². The molecular weight excluding hydrogens is 487 g/mol. The lowest BCUT2D eigenvalue weighted by molar-refractivity contribution is 0.281. The minimum atomic E-state index is 0.306. The van der Waals surface area contributed by atoms with Crippen LogP contribution in [0.5, 0.6) is 11.5 Å². The second kappa shape index (κ2) is 9.17. The number of aryl methyl sites for hydroxylation is 1. The van der Waals surface area contributed by atoms with Gasteiger partial charge in [0.1, 0.15) is 12.4 Å². The lowest BCUT2D eigenvalue weighted by atomic mass is 10.1. The Morgan fingerprint density at radius 3 is 2.68 bits per heavy atom. The topological polar surface area (TPSA) is 64.1 Å². The molecule has 0 spiro atoms. The summed E-state index contributed by atoms with van der Waals surface area (Å²) in [4.78, 5) is 0. The van der Waals surface area contributed by atoms with E-state index in [1.807, 2.05) is 25.1 Å². The summed E-state index contributed by atoms with van der Waals surface area (Å²) in [5, 5.41) is 7.82. The first-order valence-electron chi connectivity index (χ1n) is 8.20. The number of rotatable bonds is 7. The zero-order valence-corrected chi connectivity index (χ0v) is 19.0. The molecule has 0 radical (unpaired) electrons. The van der Waals surface area contributed by atoms with Crippen LogP contribution in [0.25, 0.3) is 0 Å². The van der Waals surface area contributed by atoms with Crippen molar-refractivity contribution in [3.63, 3.8) is 0 Å². The number of aromatic nitrogens is 3. The smallest absolute Gasteiger partial charge is 0.214 e. The lowest BCUT2D eigenvalue weighted by Crippen LogP contribution is -2.17. The molecule has 2 aromatic carbocycles. The highest BCUT2D eigenvalue weighted by atomic mass is 79.9. The standard InChI is InChI=1S/C18H17BrCl2N4O2S/c1-10-23-24-18(28)25(10)22-8-12-13(19)4-6-16(26-2)17(12)27-9-11-3-5-14(20)15(21)7-11/h3-7,22H,8-9H2,1-2H3,(H,24,28). The van der Waals surface area contributed by atoms with Crippen molar-refractivity contribution in [2.75, 3.05) is 12.5 Å². The molecule has 1 heterocycles. The van der Waals surface area contributed by atoms with Crippen molar-refractivity contribution in [2.45, 2.75) is 20.1 Å². The Morgan fingerprint density at radius 2 is 2.04 bits per heavy atom. The average Bonchev–Trinajstić information content (AvgIpc) is 3.00. The first-order chi connectivity index (χ1) is 13.4. The van der Waals surface area contributed by atoms with Gasteiger partial charge in [-0.25, -0.2) is 4.68 Å². The second-order valence-corrected chi connectivity index (χ2v) is 7.90. The van der Waals surface area contributed by atoms with Gasteiger partial charge in [-0.15, -0.1) is 0 Å². The number of ether oxygens (including phenoxy) is 2. The van der Waals surface area contributed by atoms with E-state index >= 15 is 0 Å². The molecule has 0 unspecified atom stereocenters. The first-order valence-corrected chi connectivity index (χ1v) is 10.2.